The van der Waals surface area contributed by atoms with E-state index in [0.717, 1.165) is 18.2 Å². The van der Waals surface area contributed by atoms with Crippen LogP contribution in [0.2, 0.25) is 5.02 Å². The van der Waals surface area contributed by atoms with E-state index in [1.54, 1.807) is 0 Å². The number of hydrogen-bond acceptors (Lipinski definition) is 5. The molecule has 0 fully saturated rings. The first-order valence-electron chi connectivity index (χ1n) is 5.01. The van der Waals surface area contributed by atoms with Gasteiger partial charge in [-0.25, -0.2) is 21.9 Å². The van der Waals surface area contributed by atoms with Crippen molar-refractivity contribution in [3.8, 4) is 0 Å². The van der Waals surface area contributed by atoms with Gasteiger partial charge < -0.3 is 5.11 Å². The monoisotopic (exact) mass is 330 g/mol. The predicted octanol–water partition coefficient (Wildman–Crippen LogP) is 1.15. The van der Waals surface area contributed by atoms with E-state index in [1.165, 1.54) is 4.72 Å². The van der Waals surface area contributed by atoms with Gasteiger partial charge in [-0.2, -0.15) is 0 Å². The highest BCUT2D eigenvalue weighted by molar-refractivity contribution is 7.89. The van der Waals surface area contributed by atoms with E-state index in [2.05, 4.69) is 0 Å². The van der Waals surface area contributed by atoms with Crippen molar-refractivity contribution in [1.82, 2.24) is 4.72 Å². The maximum Gasteiger partial charge on any atom is 0.290 e. The second-order valence-electron chi connectivity index (χ2n) is 3.71. The van der Waals surface area contributed by atoms with Gasteiger partial charge in [0.25, 0.3) is 11.6 Å². The van der Waals surface area contributed by atoms with Gasteiger partial charge in [0.05, 0.1) is 11.5 Å². The van der Waals surface area contributed by atoms with Crippen LogP contribution in [0.4, 0.5) is 14.5 Å². The van der Waals surface area contributed by atoms with Crippen molar-refractivity contribution in [3.05, 3.63) is 33.3 Å². The Morgan fingerprint density at radius 2 is 2.05 bits per heavy atom. The van der Waals surface area contributed by atoms with E-state index < -0.39 is 44.6 Å². The topological polar surface area (TPSA) is 110 Å². The quantitative estimate of drug-likeness (QED) is 0.600. The number of aliphatic hydroxyl groups is 1. The van der Waals surface area contributed by atoms with Crippen LogP contribution in [0, 0.1) is 10.1 Å². The van der Waals surface area contributed by atoms with Crippen molar-refractivity contribution in [2.45, 2.75) is 10.8 Å². The maximum atomic E-state index is 12.8. The highest BCUT2D eigenvalue weighted by Gasteiger charge is 2.32. The number of hydrogen-bond donors (Lipinski definition) is 2. The second kappa shape index (κ2) is 5.95. The summed E-state index contributed by atoms with van der Waals surface area (Å²) in [6.07, 6.45) is 0. The number of aliphatic hydroxyl groups excluding tert-OH is 1. The zero-order valence-corrected chi connectivity index (χ0v) is 11.3. The van der Waals surface area contributed by atoms with E-state index in [0.29, 0.717) is 0 Å². The number of benzene rings is 1. The molecule has 0 bridgehead atoms. The molecule has 0 atom stereocenters. The molecule has 0 aliphatic heterocycles. The Hall–Kier alpha value is -1.36. The van der Waals surface area contributed by atoms with E-state index in [9.17, 15) is 27.3 Å². The number of sulfonamides is 1. The predicted molar refractivity (Wildman–Crippen MR) is 65.3 cm³/mol. The molecule has 0 spiro atoms. The molecule has 7 nitrogen and oxygen atoms in total. The molecule has 1 rings (SSSR count). The molecule has 11 heteroatoms. The number of alkyl halides is 2. The molecule has 112 valence electrons. The zero-order chi connectivity index (χ0) is 15.6. The molecular weight excluding hydrogens is 322 g/mol. The van der Waals surface area contributed by atoms with Crippen molar-refractivity contribution in [1.29, 1.82) is 0 Å². The number of nitrogens with one attached hydrogen (secondary N) is 1. The largest absolute Gasteiger partial charge is 0.390 e. The average molecular weight is 331 g/mol. The summed E-state index contributed by atoms with van der Waals surface area (Å²) >= 11 is 5.51. The van der Waals surface area contributed by atoms with Gasteiger partial charge >= 0.3 is 0 Å². The van der Waals surface area contributed by atoms with Crippen LogP contribution in [0.3, 0.4) is 0 Å². The Bertz CT molecular complexity index is 623. The van der Waals surface area contributed by atoms with Gasteiger partial charge in [0.2, 0.25) is 10.0 Å². The van der Waals surface area contributed by atoms with Crippen LogP contribution in [0.1, 0.15) is 0 Å². The van der Waals surface area contributed by atoms with E-state index in [4.69, 9.17) is 16.7 Å². The Balaban J connectivity index is 3.13. The normalized spacial score (nSPS) is 12.4. The highest BCUT2D eigenvalue weighted by atomic mass is 35.5. The van der Waals surface area contributed by atoms with Gasteiger partial charge in [0.1, 0.15) is 6.61 Å². The minimum atomic E-state index is -4.54. The maximum absolute atomic E-state index is 12.8. The van der Waals surface area contributed by atoms with E-state index >= 15 is 0 Å². The summed E-state index contributed by atoms with van der Waals surface area (Å²) in [6, 6.07) is 2.70. The summed E-state index contributed by atoms with van der Waals surface area (Å²) in [7, 11) is -4.54. The Morgan fingerprint density at radius 3 is 2.55 bits per heavy atom. The minimum absolute atomic E-state index is 0.0728. The number of nitrogens with zero attached hydrogens (tertiary/aromatic N) is 1. The fraction of sp³-hybridized carbons (Fsp3) is 0.333. The molecule has 0 aromatic heterocycles. The standard InChI is InChI=1S/C9H9ClF2N2O5S/c10-6-1-2-8(7(3-6)14(16)17)20(18,19)13-4-9(11,12)5-15/h1-3,13,15H,4-5H2. The average Bonchev–Trinajstić information content (AvgIpc) is 2.36. The first kappa shape index (κ1) is 16.7. The molecule has 1 aromatic carbocycles. The highest BCUT2D eigenvalue weighted by Crippen LogP contribution is 2.27. The third-order valence-corrected chi connectivity index (χ3v) is 3.84. The fourth-order valence-corrected chi connectivity index (χ4v) is 2.57. The summed E-state index contributed by atoms with van der Waals surface area (Å²) in [5, 5.41) is 19.0. The number of halogens is 3. The second-order valence-corrected chi connectivity index (χ2v) is 5.88. The third kappa shape index (κ3) is 4.07. The molecule has 0 saturated heterocycles. The summed E-state index contributed by atoms with van der Waals surface area (Å²) in [4.78, 5) is 8.96. The summed E-state index contributed by atoms with van der Waals surface area (Å²) in [5.41, 5.74) is -0.836. The Morgan fingerprint density at radius 1 is 1.45 bits per heavy atom. The van der Waals surface area contributed by atoms with Crippen molar-refractivity contribution < 1.29 is 27.2 Å². The van der Waals surface area contributed by atoms with Crippen LogP contribution < -0.4 is 4.72 Å². The minimum Gasteiger partial charge on any atom is -0.390 e. The number of rotatable bonds is 6. The van der Waals surface area contributed by atoms with Crippen molar-refractivity contribution >= 4 is 27.3 Å². The molecular formula is C9H9ClF2N2O5S. The lowest BCUT2D eigenvalue weighted by atomic mass is 10.3. The van der Waals surface area contributed by atoms with Crippen LogP contribution in [-0.2, 0) is 10.0 Å². The number of nitro groups is 1. The fourth-order valence-electron chi connectivity index (χ4n) is 1.19. The molecule has 0 saturated carbocycles. The molecule has 0 unspecified atom stereocenters. The lowest BCUT2D eigenvalue weighted by molar-refractivity contribution is -0.387. The summed E-state index contributed by atoms with van der Waals surface area (Å²) in [5.74, 6) is -3.67. The molecule has 0 heterocycles. The van der Waals surface area contributed by atoms with Crippen molar-refractivity contribution in [2.75, 3.05) is 13.2 Å². The molecule has 0 aliphatic carbocycles. The van der Waals surface area contributed by atoms with Gasteiger partial charge in [0.15, 0.2) is 4.90 Å². The molecule has 1 aromatic rings. The lowest BCUT2D eigenvalue weighted by Gasteiger charge is -2.14. The molecule has 20 heavy (non-hydrogen) atoms. The van der Waals surface area contributed by atoms with Gasteiger partial charge in [-0.05, 0) is 12.1 Å². The molecule has 0 amide bonds. The molecule has 0 radical (unpaired) electrons. The number of nitro benzene ring substituents is 1. The Kier molecular flexibility index (Phi) is 4.97. The van der Waals surface area contributed by atoms with Crippen LogP contribution in [-0.4, -0.2) is 37.5 Å². The molecule has 0 aliphatic rings. The first-order chi connectivity index (χ1) is 9.09. The third-order valence-electron chi connectivity index (χ3n) is 2.16. The molecule has 2 N–H and O–H groups in total. The van der Waals surface area contributed by atoms with E-state index in [1.807, 2.05) is 0 Å². The Labute approximate surface area is 117 Å². The first-order valence-corrected chi connectivity index (χ1v) is 6.87. The zero-order valence-electron chi connectivity index (χ0n) is 9.72. The van der Waals surface area contributed by atoms with Gasteiger partial charge in [-0.1, -0.05) is 11.6 Å². The SMILES string of the molecule is O=[N+]([O-])c1cc(Cl)ccc1S(=O)(=O)NCC(F)(F)CO. The lowest BCUT2D eigenvalue weighted by Crippen LogP contribution is -2.39. The van der Waals surface area contributed by atoms with Gasteiger partial charge in [0, 0.05) is 11.1 Å². The van der Waals surface area contributed by atoms with Gasteiger partial charge in [-0.15, -0.1) is 0 Å². The van der Waals surface area contributed by atoms with E-state index in [-0.39, 0.29) is 5.02 Å². The van der Waals surface area contributed by atoms with Gasteiger partial charge in [-0.3, -0.25) is 10.1 Å². The van der Waals surface area contributed by atoms with Crippen LogP contribution in [0.5, 0.6) is 0 Å². The smallest absolute Gasteiger partial charge is 0.290 e. The van der Waals surface area contributed by atoms with Crippen molar-refractivity contribution in [3.63, 3.8) is 0 Å². The van der Waals surface area contributed by atoms with Crippen LogP contribution in [0.25, 0.3) is 0 Å². The van der Waals surface area contributed by atoms with Crippen LogP contribution in [0.15, 0.2) is 23.1 Å². The van der Waals surface area contributed by atoms with Crippen molar-refractivity contribution in [2.24, 2.45) is 0 Å². The summed E-state index contributed by atoms with van der Waals surface area (Å²) in [6.45, 7) is -2.94. The van der Waals surface area contributed by atoms with Crippen LogP contribution >= 0.6 is 11.6 Å². The summed E-state index contributed by atoms with van der Waals surface area (Å²) < 4.78 is 50.6.